The molecule has 1 aliphatic heterocycles. The van der Waals surface area contributed by atoms with E-state index in [-0.39, 0.29) is 11.9 Å². The number of hydrogen-bond acceptors (Lipinski definition) is 2. The third-order valence-corrected chi connectivity index (χ3v) is 4.69. The molecule has 1 aromatic rings. The Kier molecular flexibility index (Phi) is 3.55. The molecule has 0 spiro atoms. The van der Waals surface area contributed by atoms with Gasteiger partial charge in [-0.15, -0.1) is 0 Å². The first-order valence-corrected chi connectivity index (χ1v) is 7.67. The summed E-state index contributed by atoms with van der Waals surface area (Å²) in [6, 6.07) is 8.44. The number of carbonyl (C=O) groups is 1. The minimum Gasteiger partial charge on any atom is -0.352 e. The van der Waals surface area contributed by atoms with E-state index in [1.165, 1.54) is 12.0 Å². The monoisotopic (exact) mass is 272 g/mol. The van der Waals surface area contributed by atoms with Crippen molar-refractivity contribution in [2.24, 2.45) is 5.41 Å². The van der Waals surface area contributed by atoms with Crippen LogP contribution in [0.4, 0.5) is 0 Å². The zero-order chi connectivity index (χ0) is 14.2. The first-order valence-electron chi connectivity index (χ1n) is 7.67. The van der Waals surface area contributed by atoms with Crippen LogP contribution in [0.1, 0.15) is 50.3 Å². The predicted octanol–water partition coefficient (Wildman–Crippen LogP) is 2.57. The summed E-state index contributed by atoms with van der Waals surface area (Å²) in [5.74, 6) is 0.139. The van der Waals surface area contributed by atoms with Gasteiger partial charge in [-0.3, -0.25) is 4.79 Å². The van der Waals surface area contributed by atoms with Crippen molar-refractivity contribution in [3.05, 3.63) is 35.4 Å². The summed E-state index contributed by atoms with van der Waals surface area (Å²) in [5.41, 5.74) is 2.82. The molecule has 3 nitrogen and oxygen atoms in total. The van der Waals surface area contributed by atoms with Crippen molar-refractivity contribution in [2.75, 3.05) is 6.54 Å². The van der Waals surface area contributed by atoms with Crippen molar-refractivity contribution in [2.45, 2.75) is 51.6 Å². The van der Waals surface area contributed by atoms with Crippen LogP contribution >= 0.6 is 0 Å². The third-order valence-electron chi connectivity index (χ3n) is 4.69. The Hall–Kier alpha value is -1.35. The fraction of sp³-hybridized carbons (Fsp3) is 0.588. The van der Waals surface area contributed by atoms with E-state index in [0.717, 1.165) is 31.4 Å². The Balaban J connectivity index is 1.70. The van der Waals surface area contributed by atoms with Crippen LogP contribution in [0.3, 0.4) is 0 Å². The molecule has 0 saturated heterocycles. The van der Waals surface area contributed by atoms with Crippen LogP contribution in [0.25, 0.3) is 0 Å². The number of rotatable bonds is 2. The van der Waals surface area contributed by atoms with Gasteiger partial charge in [0.2, 0.25) is 5.91 Å². The van der Waals surface area contributed by atoms with Crippen molar-refractivity contribution in [3.8, 4) is 0 Å². The van der Waals surface area contributed by atoms with Crippen molar-refractivity contribution < 1.29 is 4.79 Å². The van der Waals surface area contributed by atoms with Crippen molar-refractivity contribution in [1.82, 2.24) is 10.6 Å². The van der Waals surface area contributed by atoms with Crippen LogP contribution < -0.4 is 10.6 Å². The molecule has 2 N–H and O–H groups in total. The van der Waals surface area contributed by atoms with E-state index in [0.29, 0.717) is 11.5 Å². The fourth-order valence-electron chi connectivity index (χ4n) is 3.58. The SMILES string of the molecule is CC1(C)CCC(NC(=O)C2NCCc3ccccc32)C1. The van der Waals surface area contributed by atoms with E-state index in [1.807, 2.05) is 6.07 Å². The van der Waals surface area contributed by atoms with Gasteiger partial charge in [-0.2, -0.15) is 0 Å². The van der Waals surface area contributed by atoms with Gasteiger partial charge in [0.25, 0.3) is 0 Å². The van der Waals surface area contributed by atoms with Gasteiger partial charge in [-0.05, 0) is 42.2 Å². The summed E-state index contributed by atoms with van der Waals surface area (Å²) >= 11 is 0. The minimum absolute atomic E-state index is 0.139. The fourth-order valence-corrected chi connectivity index (χ4v) is 3.58. The molecule has 3 heteroatoms. The van der Waals surface area contributed by atoms with Gasteiger partial charge >= 0.3 is 0 Å². The number of benzene rings is 1. The Bertz CT molecular complexity index is 509. The number of hydrogen-bond donors (Lipinski definition) is 2. The molecule has 0 aromatic heterocycles. The van der Waals surface area contributed by atoms with Crippen LogP contribution in [0.15, 0.2) is 24.3 Å². The normalized spacial score (nSPS) is 27.9. The highest BCUT2D eigenvalue weighted by atomic mass is 16.2. The van der Waals surface area contributed by atoms with E-state index < -0.39 is 0 Å². The maximum atomic E-state index is 12.6. The molecular weight excluding hydrogens is 248 g/mol. The largest absolute Gasteiger partial charge is 0.352 e. The average Bonchev–Trinajstić information content (AvgIpc) is 2.77. The lowest BCUT2D eigenvalue weighted by Crippen LogP contribution is -2.44. The van der Waals surface area contributed by atoms with Crippen molar-refractivity contribution in [3.63, 3.8) is 0 Å². The molecule has 108 valence electrons. The highest BCUT2D eigenvalue weighted by Crippen LogP contribution is 2.37. The van der Waals surface area contributed by atoms with Gasteiger partial charge in [0, 0.05) is 12.6 Å². The molecule has 20 heavy (non-hydrogen) atoms. The zero-order valence-electron chi connectivity index (χ0n) is 12.4. The quantitative estimate of drug-likeness (QED) is 0.869. The zero-order valence-corrected chi connectivity index (χ0v) is 12.4. The first kappa shape index (κ1) is 13.6. The van der Waals surface area contributed by atoms with Crippen molar-refractivity contribution >= 4 is 5.91 Å². The van der Waals surface area contributed by atoms with E-state index in [2.05, 4.69) is 42.7 Å². The minimum atomic E-state index is -0.177. The molecule has 2 atom stereocenters. The summed E-state index contributed by atoms with van der Waals surface area (Å²) in [7, 11) is 0. The molecular formula is C17H24N2O. The molecule has 1 heterocycles. The summed E-state index contributed by atoms with van der Waals surface area (Å²) in [6.07, 6.45) is 4.41. The lowest BCUT2D eigenvalue weighted by atomic mass is 9.91. The summed E-state index contributed by atoms with van der Waals surface area (Å²) in [5, 5.41) is 6.60. The van der Waals surface area contributed by atoms with E-state index in [4.69, 9.17) is 0 Å². The Morgan fingerprint density at radius 3 is 2.90 bits per heavy atom. The molecule has 1 amide bonds. The number of amides is 1. The maximum Gasteiger partial charge on any atom is 0.241 e. The highest BCUT2D eigenvalue weighted by Gasteiger charge is 2.34. The Morgan fingerprint density at radius 1 is 1.35 bits per heavy atom. The number of carbonyl (C=O) groups excluding carboxylic acids is 1. The topological polar surface area (TPSA) is 41.1 Å². The average molecular weight is 272 g/mol. The standard InChI is InChI=1S/C17H24N2O/c1-17(2)9-7-13(11-17)19-16(20)15-14-6-4-3-5-12(14)8-10-18-15/h3-6,13,15,18H,7-11H2,1-2H3,(H,19,20). The second-order valence-corrected chi connectivity index (χ2v) is 6.95. The molecule has 1 saturated carbocycles. The lowest BCUT2D eigenvalue weighted by Gasteiger charge is -2.27. The highest BCUT2D eigenvalue weighted by molar-refractivity contribution is 5.84. The van der Waals surface area contributed by atoms with E-state index >= 15 is 0 Å². The second-order valence-electron chi connectivity index (χ2n) is 6.95. The summed E-state index contributed by atoms with van der Waals surface area (Å²) in [4.78, 5) is 12.6. The van der Waals surface area contributed by atoms with Gasteiger partial charge in [0.1, 0.15) is 6.04 Å². The van der Waals surface area contributed by atoms with Crippen LogP contribution in [0.2, 0.25) is 0 Å². The van der Waals surface area contributed by atoms with Gasteiger partial charge in [0.15, 0.2) is 0 Å². The first-order chi connectivity index (χ1) is 9.55. The van der Waals surface area contributed by atoms with E-state index in [9.17, 15) is 4.79 Å². The second kappa shape index (κ2) is 5.21. The number of nitrogens with one attached hydrogen (secondary N) is 2. The molecule has 1 fully saturated rings. The Labute approximate surface area is 121 Å². The molecule has 2 unspecified atom stereocenters. The van der Waals surface area contributed by atoms with Crippen LogP contribution in [0, 0.1) is 5.41 Å². The molecule has 0 bridgehead atoms. The predicted molar refractivity (Wildman–Crippen MR) is 80.5 cm³/mol. The maximum absolute atomic E-state index is 12.6. The smallest absolute Gasteiger partial charge is 0.241 e. The van der Waals surface area contributed by atoms with Gasteiger partial charge < -0.3 is 10.6 Å². The Morgan fingerprint density at radius 2 is 2.15 bits per heavy atom. The summed E-state index contributed by atoms with van der Waals surface area (Å²) < 4.78 is 0. The van der Waals surface area contributed by atoms with Gasteiger partial charge in [-0.1, -0.05) is 38.1 Å². The molecule has 1 aliphatic carbocycles. The van der Waals surface area contributed by atoms with Crippen LogP contribution in [0.5, 0.6) is 0 Å². The number of fused-ring (bicyclic) bond motifs is 1. The van der Waals surface area contributed by atoms with Gasteiger partial charge in [-0.25, -0.2) is 0 Å². The molecule has 1 aromatic carbocycles. The molecule has 3 rings (SSSR count). The van der Waals surface area contributed by atoms with Gasteiger partial charge in [0.05, 0.1) is 0 Å². The molecule has 2 aliphatic rings. The van der Waals surface area contributed by atoms with Crippen LogP contribution in [-0.2, 0) is 11.2 Å². The summed E-state index contributed by atoms with van der Waals surface area (Å²) in [6.45, 7) is 5.45. The van der Waals surface area contributed by atoms with E-state index in [1.54, 1.807) is 0 Å². The third kappa shape index (κ3) is 2.73. The lowest BCUT2D eigenvalue weighted by molar-refractivity contribution is -0.124. The van der Waals surface area contributed by atoms with Crippen molar-refractivity contribution in [1.29, 1.82) is 0 Å². The van der Waals surface area contributed by atoms with Crippen LogP contribution in [-0.4, -0.2) is 18.5 Å². The molecule has 0 radical (unpaired) electrons.